The number of halogens is 2. The molecule has 0 aliphatic rings. The summed E-state index contributed by atoms with van der Waals surface area (Å²) in [7, 11) is 0. The maximum Gasteiger partial charge on any atom is 0.266 e. The van der Waals surface area contributed by atoms with Crippen molar-refractivity contribution in [3.05, 3.63) is 11.1 Å². The molecule has 1 N–H and O–H groups in total. The van der Waals surface area contributed by atoms with E-state index >= 15 is 0 Å². The Labute approximate surface area is 106 Å². The molecule has 0 aromatic carbocycles. The van der Waals surface area contributed by atoms with Gasteiger partial charge in [-0.25, -0.2) is 4.98 Å². The molecule has 1 amide bonds. The maximum absolute atomic E-state index is 10.2. The molecule has 0 aliphatic heterocycles. The number of nitrogens with one attached hydrogen (secondary N) is 1. The summed E-state index contributed by atoms with van der Waals surface area (Å²) in [6.45, 7) is 0.109. The molecule has 9 heteroatoms. The number of amides is 1. The fourth-order valence-corrected chi connectivity index (χ4v) is 1.37. The van der Waals surface area contributed by atoms with Crippen LogP contribution in [0.15, 0.2) is 10.5 Å². The molecule has 0 unspecified atom stereocenters. The molecule has 1 aromatic heterocycles. The summed E-state index contributed by atoms with van der Waals surface area (Å²) >= 11 is 6.23. The minimum absolute atomic E-state index is 0. The molecule has 6 nitrogen and oxygen atoms in total. The largest absolute Gasteiger partial charge is 0.389 e. The van der Waals surface area contributed by atoms with E-state index in [0.29, 0.717) is 17.2 Å². The SMILES string of the molecule is Cl.O=CNc1nc(CO/N=C\C(=O)Cl)cs1. The van der Waals surface area contributed by atoms with Gasteiger partial charge in [0.05, 0.1) is 5.69 Å². The molecular weight excluding hydrogens is 277 g/mol. The predicted molar refractivity (Wildman–Crippen MR) is 63.2 cm³/mol. The number of nitrogens with zero attached hydrogens (tertiary/aromatic N) is 2. The number of oxime groups is 1. The summed E-state index contributed by atoms with van der Waals surface area (Å²) < 4.78 is 0. The zero-order chi connectivity index (χ0) is 11.1. The van der Waals surface area contributed by atoms with Gasteiger partial charge in [-0.1, -0.05) is 5.16 Å². The summed E-state index contributed by atoms with van der Waals surface area (Å²) in [5, 5.41) is 7.14. The number of anilines is 1. The number of hydrogen-bond acceptors (Lipinski definition) is 6. The van der Waals surface area contributed by atoms with Crippen molar-refractivity contribution in [3.8, 4) is 0 Å². The molecule has 0 bridgehead atoms. The van der Waals surface area contributed by atoms with E-state index in [-0.39, 0.29) is 19.0 Å². The smallest absolute Gasteiger partial charge is 0.266 e. The average Bonchev–Trinajstić information content (AvgIpc) is 2.61. The number of aromatic nitrogens is 1. The van der Waals surface area contributed by atoms with E-state index in [9.17, 15) is 9.59 Å². The molecule has 0 saturated heterocycles. The van der Waals surface area contributed by atoms with E-state index in [1.165, 1.54) is 11.3 Å². The van der Waals surface area contributed by atoms with Crippen LogP contribution in [-0.4, -0.2) is 22.9 Å². The van der Waals surface area contributed by atoms with Crippen LogP contribution in [0.25, 0.3) is 0 Å². The maximum atomic E-state index is 10.2. The van der Waals surface area contributed by atoms with Gasteiger partial charge in [0, 0.05) is 5.38 Å². The van der Waals surface area contributed by atoms with E-state index in [2.05, 4.69) is 15.5 Å². The van der Waals surface area contributed by atoms with Crippen molar-refractivity contribution in [2.24, 2.45) is 5.16 Å². The van der Waals surface area contributed by atoms with Crippen LogP contribution in [0.3, 0.4) is 0 Å². The highest BCUT2D eigenvalue weighted by atomic mass is 35.5. The quantitative estimate of drug-likeness (QED) is 0.370. The fraction of sp³-hybridized carbons (Fsp3) is 0.143. The third kappa shape index (κ3) is 5.64. The van der Waals surface area contributed by atoms with Gasteiger partial charge < -0.3 is 10.2 Å². The summed E-state index contributed by atoms with van der Waals surface area (Å²) in [6, 6.07) is 0. The Hall–Kier alpha value is -1.18. The fourth-order valence-electron chi connectivity index (χ4n) is 0.672. The van der Waals surface area contributed by atoms with Gasteiger partial charge in [-0.2, -0.15) is 0 Å². The average molecular weight is 284 g/mol. The Balaban J connectivity index is 0.00000225. The monoisotopic (exact) mass is 283 g/mol. The Morgan fingerprint density at radius 3 is 3.12 bits per heavy atom. The molecule has 1 heterocycles. The lowest BCUT2D eigenvalue weighted by Gasteiger charge is -1.93. The van der Waals surface area contributed by atoms with E-state index in [4.69, 9.17) is 16.4 Å². The highest BCUT2D eigenvalue weighted by Gasteiger charge is 2.00. The van der Waals surface area contributed by atoms with Crippen molar-refractivity contribution in [2.75, 3.05) is 5.32 Å². The second kappa shape index (κ2) is 8.03. The second-order valence-electron chi connectivity index (χ2n) is 2.22. The van der Waals surface area contributed by atoms with Crippen LogP contribution in [0.2, 0.25) is 0 Å². The van der Waals surface area contributed by atoms with Gasteiger partial charge in [-0.05, 0) is 11.6 Å². The number of carbonyl (C=O) groups is 2. The minimum atomic E-state index is -0.711. The van der Waals surface area contributed by atoms with Gasteiger partial charge in [0.2, 0.25) is 6.41 Å². The van der Waals surface area contributed by atoms with Crippen LogP contribution in [-0.2, 0) is 21.0 Å². The molecule has 0 saturated carbocycles. The van der Waals surface area contributed by atoms with Crippen LogP contribution in [0.1, 0.15) is 5.69 Å². The van der Waals surface area contributed by atoms with Crippen LogP contribution < -0.4 is 5.32 Å². The third-order valence-electron chi connectivity index (χ3n) is 1.18. The molecule has 16 heavy (non-hydrogen) atoms. The van der Waals surface area contributed by atoms with Crippen molar-refractivity contribution in [3.63, 3.8) is 0 Å². The Morgan fingerprint density at radius 2 is 2.50 bits per heavy atom. The highest BCUT2D eigenvalue weighted by molar-refractivity contribution is 7.13. The molecule has 88 valence electrons. The Morgan fingerprint density at radius 1 is 1.75 bits per heavy atom. The summed E-state index contributed by atoms with van der Waals surface area (Å²) in [4.78, 5) is 29.0. The van der Waals surface area contributed by atoms with Crippen LogP contribution >= 0.6 is 35.3 Å². The molecule has 0 radical (unpaired) electrons. The predicted octanol–water partition coefficient (Wildman–Crippen LogP) is 1.40. The Bertz CT molecular complexity index is 383. The van der Waals surface area contributed by atoms with E-state index < -0.39 is 5.24 Å². The summed E-state index contributed by atoms with van der Waals surface area (Å²) in [6.07, 6.45) is 1.38. The number of rotatable bonds is 6. The summed E-state index contributed by atoms with van der Waals surface area (Å²) in [5.74, 6) is 0. The van der Waals surface area contributed by atoms with Gasteiger partial charge in [0.1, 0.15) is 6.21 Å². The molecule has 0 spiro atoms. The zero-order valence-corrected chi connectivity index (χ0v) is 10.1. The first-order valence-electron chi connectivity index (χ1n) is 3.71. The van der Waals surface area contributed by atoms with Gasteiger partial charge in [-0.15, -0.1) is 23.7 Å². The summed E-state index contributed by atoms with van der Waals surface area (Å²) in [5.41, 5.74) is 0.600. The number of hydrogen-bond donors (Lipinski definition) is 1. The van der Waals surface area contributed by atoms with Crippen molar-refractivity contribution < 1.29 is 14.4 Å². The van der Waals surface area contributed by atoms with E-state index in [1.54, 1.807) is 5.38 Å². The lowest BCUT2D eigenvalue weighted by Crippen LogP contribution is -1.94. The molecule has 0 fully saturated rings. The van der Waals surface area contributed by atoms with Crippen molar-refractivity contribution in [1.29, 1.82) is 0 Å². The van der Waals surface area contributed by atoms with Gasteiger partial charge >= 0.3 is 0 Å². The normalized spacial score (nSPS) is 9.56. The number of carbonyl (C=O) groups excluding carboxylic acids is 2. The molecule has 1 rings (SSSR count). The van der Waals surface area contributed by atoms with E-state index in [0.717, 1.165) is 6.21 Å². The first-order valence-corrected chi connectivity index (χ1v) is 4.97. The first kappa shape index (κ1) is 14.8. The molecular formula is C7H7Cl2N3O3S. The number of thiazole rings is 1. The second-order valence-corrected chi connectivity index (χ2v) is 3.45. The van der Waals surface area contributed by atoms with Gasteiger partial charge in [-0.3, -0.25) is 9.59 Å². The van der Waals surface area contributed by atoms with Crippen LogP contribution in [0.4, 0.5) is 5.13 Å². The zero-order valence-electron chi connectivity index (χ0n) is 7.75. The van der Waals surface area contributed by atoms with Crippen molar-refractivity contribution in [2.45, 2.75) is 6.61 Å². The first-order chi connectivity index (χ1) is 7.22. The van der Waals surface area contributed by atoms with Crippen LogP contribution in [0, 0.1) is 0 Å². The molecule has 1 aromatic rings. The lowest BCUT2D eigenvalue weighted by molar-refractivity contribution is -0.106. The third-order valence-corrected chi connectivity index (χ3v) is 2.10. The van der Waals surface area contributed by atoms with Gasteiger partial charge in [0.15, 0.2) is 11.7 Å². The van der Waals surface area contributed by atoms with Crippen molar-refractivity contribution >= 4 is 58.3 Å². The lowest BCUT2D eigenvalue weighted by atomic mass is 10.5. The van der Waals surface area contributed by atoms with E-state index in [1.807, 2.05) is 0 Å². The highest BCUT2D eigenvalue weighted by Crippen LogP contribution is 2.14. The minimum Gasteiger partial charge on any atom is -0.389 e. The van der Waals surface area contributed by atoms with Gasteiger partial charge in [0.25, 0.3) is 5.24 Å². The topological polar surface area (TPSA) is 80.7 Å². The molecule has 0 aliphatic carbocycles. The standard InChI is InChI=1S/C7H6ClN3O3S.ClH/c8-6(13)1-10-14-2-5-3-15-7(11-5)9-4-12;/h1,3-4H,2H2,(H,9,11,12);1H/b10-1-;. The Kier molecular flexibility index (Phi) is 7.44. The van der Waals surface area contributed by atoms with Crippen molar-refractivity contribution in [1.82, 2.24) is 4.98 Å². The molecule has 0 atom stereocenters. The van der Waals surface area contributed by atoms with Crippen LogP contribution in [0.5, 0.6) is 0 Å².